The van der Waals surface area contributed by atoms with Crippen molar-refractivity contribution in [2.24, 2.45) is 0 Å². The third-order valence-corrected chi connectivity index (χ3v) is 3.35. The molecule has 20 heavy (non-hydrogen) atoms. The third kappa shape index (κ3) is 3.97. The van der Waals surface area contributed by atoms with Crippen LogP contribution in [0.25, 0.3) is 0 Å². The van der Waals surface area contributed by atoms with Crippen LogP contribution in [0.2, 0.25) is 0 Å². The Hall–Kier alpha value is -2.58. The highest BCUT2D eigenvalue weighted by molar-refractivity contribution is 5.32. The molecule has 2 rings (SSSR count). The van der Waals surface area contributed by atoms with Crippen LogP contribution >= 0.6 is 0 Å². The molecule has 98 valence electrons. The Labute approximate surface area is 119 Å². The van der Waals surface area contributed by atoms with Gasteiger partial charge in [0.1, 0.15) is 0 Å². The van der Waals surface area contributed by atoms with E-state index in [0.29, 0.717) is 11.1 Å². The summed E-state index contributed by atoms with van der Waals surface area (Å²) in [5.74, 6) is 0. The number of unbranched alkanes of at least 4 members (excludes halogenated alkanes) is 1. The summed E-state index contributed by atoms with van der Waals surface area (Å²) >= 11 is 0. The van der Waals surface area contributed by atoms with Gasteiger partial charge in [0.2, 0.25) is 0 Å². The lowest BCUT2D eigenvalue weighted by atomic mass is 10.0. The smallest absolute Gasteiger partial charge is 0.0991 e. The number of benzene rings is 2. The number of nitriles is 2. The molecule has 0 amide bonds. The van der Waals surface area contributed by atoms with E-state index in [1.807, 2.05) is 48.5 Å². The Morgan fingerprint density at radius 3 is 1.25 bits per heavy atom. The molecule has 0 N–H and O–H groups in total. The van der Waals surface area contributed by atoms with Crippen LogP contribution in [0.3, 0.4) is 0 Å². The first-order valence-electron chi connectivity index (χ1n) is 6.80. The van der Waals surface area contributed by atoms with E-state index in [2.05, 4.69) is 12.1 Å². The molecule has 2 aromatic carbocycles. The highest BCUT2D eigenvalue weighted by Gasteiger charge is 1.97. The van der Waals surface area contributed by atoms with E-state index in [0.717, 1.165) is 25.7 Å². The lowest BCUT2D eigenvalue weighted by Crippen LogP contribution is -1.90. The van der Waals surface area contributed by atoms with Crippen LogP contribution in [0.5, 0.6) is 0 Å². The van der Waals surface area contributed by atoms with Gasteiger partial charge in [0.05, 0.1) is 23.3 Å². The minimum Gasteiger partial charge on any atom is -0.192 e. The van der Waals surface area contributed by atoms with Crippen molar-refractivity contribution in [2.75, 3.05) is 0 Å². The van der Waals surface area contributed by atoms with Crippen LogP contribution in [-0.2, 0) is 12.8 Å². The first-order chi connectivity index (χ1) is 9.81. The Balaban J connectivity index is 1.75. The topological polar surface area (TPSA) is 47.6 Å². The highest BCUT2D eigenvalue weighted by atomic mass is 14.2. The van der Waals surface area contributed by atoms with E-state index in [1.165, 1.54) is 11.1 Å². The quantitative estimate of drug-likeness (QED) is 0.763. The van der Waals surface area contributed by atoms with Gasteiger partial charge in [0.15, 0.2) is 0 Å². The molecule has 0 unspecified atom stereocenters. The molecule has 0 radical (unpaired) electrons. The fourth-order valence-electron chi connectivity index (χ4n) is 2.15. The van der Waals surface area contributed by atoms with Crippen LogP contribution in [0.15, 0.2) is 48.5 Å². The van der Waals surface area contributed by atoms with Gasteiger partial charge in [-0.1, -0.05) is 24.3 Å². The van der Waals surface area contributed by atoms with Crippen LogP contribution in [0.4, 0.5) is 0 Å². The van der Waals surface area contributed by atoms with Crippen molar-refractivity contribution in [3.05, 3.63) is 70.8 Å². The van der Waals surface area contributed by atoms with E-state index < -0.39 is 0 Å². The fourth-order valence-corrected chi connectivity index (χ4v) is 2.15. The van der Waals surface area contributed by atoms with Gasteiger partial charge in [-0.2, -0.15) is 10.5 Å². The predicted octanol–water partition coefficient (Wildman–Crippen LogP) is 4.00. The fraction of sp³-hybridized carbons (Fsp3) is 0.222. The van der Waals surface area contributed by atoms with E-state index >= 15 is 0 Å². The number of aryl methyl sites for hydroxylation is 2. The van der Waals surface area contributed by atoms with Gasteiger partial charge in [-0.3, -0.25) is 0 Å². The molecule has 2 heteroatoms. The van der Waals surface area contributed by atoms with E-state index in [1.54, 1.807) is 0 Å². The second kappa shape index (κ2) is 7.12. The van der Waals surface area contributed by atoms with Gasteiger partial charge in [-0.25, -0.2) is 0 Å². The Morgan fingerprint density at radius 1 is 0.600 bits per heavy atom. The zero-order chi connectivity index (χ0) is 14.2. The molecule has 0 atom stereocenters. The summed E-state index contributed by atoms with van der Waals surface area (Å²) in [6.07, 6.45) is 4.35. The maximum Gasteiger partial charge on any atom is 0.0991 e. The maximum atomic E-state index is 8.74. The summed E-state index contributed by atoms with van der Waals surface area (Å²) in [5.41, 5.74) is 3.99. The molecule has 0 bridgehead atoms. The predicted molar refractivity (Wildman–Crippen MR) is 79.0 cm³/mol. The van der Waals surface area contributed by atoms with Crippen LogP contribution in [0.1, 0.15) is 35.1 Å². The second-order valence-corrected chi connectivity index (χ2v) is 4.82. The Morgan fingerprint density at radius 2 is 0.950 bits per heavy atom. The molecule has 0 fully saturated rings. The van der Waals surface area contributed by atoms with Gasteiger partial charge in [0, 0.05) is 0 Å². The van der Waals surface area contributed by atoms with Crippen molar-refractivity contribution in [1.82, 2.24) is 0 Å². The van der Waals surface area contributed by atoms with Crippen molar-refractivity contribution >= 4 is 0 Å². The molecule has 2 aromatic rings. The largest absolute Gasteiger partial charge is 0.192 e. The van der Waals surface area contributed by atoms with Crippen molar-refractivity contribution in [1.29, 1.82) is 10.5 Å². The molecule has 2 nitrogen and oxygen atoms in total. The number of hydrogen-bond acceptors (Lipinski definition) is 2. The number of rotatable bonds is 5. The standard InChI is InChI=1S/C18H16N2/c19-13-17-9-5-15(6-10-17)3-1-2-4-16-7-11-18(14-20)12-8-16/h5-12H,1-4H2. The third-order valence-electron chi connectivity index (χ3n) is 3.35. The lowest BCUT2D eigenvalue weighted by molar-refractivity contribution is 0.734. The number of nitrogens with zero attached hydrogens (tertiary/aromatic N) is 2. The second-order valence-electron chi connectivity index (χ2n) is 4.82. The molecular formula is C18H16N2. The first-order valence-corrected chi connectivity index (χ1v) is 6.80. The van der Waals surface area contributed by atoms with Crippen molar-refractivity contribution in [2.45, 2.75) is 25.7 Å². The summed E-state index contributed by atoms with van der Waals surface area (Å²) in [5, 5.41) is 17.5. The molecular weight excluding hydrogens is 244 g/mol. The number of hydrogen-bond donors (Lipinski definition) is 0. The summed E-state index contributed by atoms with van der Waals surface area (Å²) in [6, 6.07) is 19.9. The minimum atomic E-state index is 0.714. The average Bonchev–Trinajstić information content (AvgIpc) is 2.53. The van der Waals surface area contributed by atoms with E-state index in [9.17, 15) is 0 Å². The van der Waals surface area contributed by atoms with Crippen LogP contribution < -0.4 is 0 Å². The molecule has 0 spiro atoms. The maximum absolute atomic E-state index is 8.74. The zero-order valence-corrected chi connectivity index (χ0v) is 11.3. The summed E-state index contributed by atoms with van der Waals surface area (Å²) < 4.78 is 0. The van der Waals surface area contributed by atoms with Gasteiger partial charge in [-0.15, -0.1) is 0 Å². The summed E-state index contributed by atoms with van der Waals surface area (Å²) in [6.45, 7) is 0. The molecule has 0 aliphatic rings. The van der Waals surface area contributed by atoms with Crippen LogP contribution in [0, 0.1) is 22.7 Å². The highest BCUT2D eigenvalue weighted by Crippen LogP contribution is 2.11. The van der Waals surface area contributed by atoms with E-state index in [-0.39, 0.29) is 0 Å². The summed E-state index contributed by atoms with van der Waals surface area (Å²) in [4.78, 5) is 0. The van der Waals surface area contributed by atoms with Crippen LogP contribution in [-0.4, -0.2) is 0 Å². The Kier molecular flexibility index (Phi) is 4.93. The van der Waals surface area contributed by atoms with Gasteiger partial charge < -0.3 is 0 Å². The average molecular weight is 260 g/mol. The molecule has 0 aliphatic heterocycles. The minimum absolute atomic E-state index is 0.714. The molecule has 0 saturated heterocycles. The van der Waals surface area contributed by atoms with Gasteiger partial charge in [0.25, 0.3) is 0 Å². The normalized spacial score (nSPS) is 9.70. The monoisotopic (exact) mass is 260 g/mol. The molecule has 0 aliphatic carbocycles. The van der Waals surface area contributed by atoms with Gasteiger partial charge >= 0.3 is 0 Å². The summed E-state index contributed by atoms with van der Waals surface area (Å²) in [7, 11) is 0. The van der Waals surface area contributed by atoms with E-state index in [4.69, 9.17) is 10.5 Å². The zero-order valence-electron chi connectivity index (χ0n) is 11.3. The van der Waals surface area contributed by atoms with Crippen molar-refractivity contribution < 1.29 is 0 Å². The van der Waals surface area contributed by atoms with Crippen molar-refractivity contribution in [3.63, 3.8) is 0 Å². The molecule has 0 saturated carbocycles. The van der Waals surface area contributed by atoms with Gasteiger partial charge in [-0.05, 0) is 61.1 Å². The Bertz CT molecular complexity index is 566. The van der Waals surface area contributed by atoms with Crippen molar-refractivity contribution in [3.8, 4) is 12.1 Å². The first kappa shape index (κ1) is 13.8. The lowest BCUT2D eigenvalue weighted by Gasteiger charge is -2.03. The molecule has 0 heterocycles. The molecule has 0 aromatic heterocycles. The SMILES string of the molecule is N#Cc1ccc(CCCCc2ccc(C#N)cc2)cc1.